The molecule has 0 atom stereocenters. The van der Waals surface area contributed by atoms with Gasteiger partial charge in [-0.3, -0.25) is 0 Å². The van der Waals surface area contributed by atoms with Crippen LogP contribution in [0.1, 0.15) is 36.5 Å². The summed E-state index contributed by atoms with van der Waals surface area (Å²) in [5.74, 6) is 0. The zero-order chi connectivity index (χ0) is 12.6. The van der Waals surface area contributed by atoms with Crippen LogP contribution in [0.2, 0.25) is 0 Å². The van der Waals surface area contributed by atoms with Crippen molar-refractivity contribution in [2.24, 2.45) is 0 Å². The van der Waals surface area contributed by atoms with Crippen LogP contribution >= 0.6 is 0 Å². The molecular weight excluding hydrogens is 216 g/mol. The molecule has 0 aliphatic heterocycles. The molecule has 0 unspecified atom stereocenters. The van der Waals surface area contributed by atoms with Crippen LogP contribution in [0.5, 0.6) is 0 Å². The second kappa shape index (κ2) is 6.87. The number of benzene rings is 1. The molecule has 0 amide bonds. The summed E-state index contributed by atoms with van der Waals surface area (Å²) in [6.07, 6.45) is 5.71. The monoisotopic (exact) mass is 236 g/mol. The summed E-state index contributed by atoms with van der Waals surface area (Å²) in [6.45, 7) is 2.20. The Labute approximate surface area is 111 Å². The fourth-order valence-corrected chi connectivity index (χ4v) is 2.13. The molecule has 0 radical (unpaired) electrons. The van der Waals surface area contributed by atoms with Crippen molar-refractivity contribution in [2.45, 2.75) is 39.0 Å². The van der Waals surface area contributed by atoms with Crippen molar-refractivity contribution >= 4 is 0 Å². The van der Waals surface area contributed by atoms with Crippen molar-refractivity contribution in [1.82, 2.24) is 0 Å². The minimum atomic E-state index is 1.10. The Morgan fingerprint density at radius 1 is 0.778 bits per heavy atom. The first kappa shape index (κ1) is 12.7. The van der Waals surface area contributed by atoms with E-state index in [1.54, 1.807) is 0 Å². The summed E-state index contributed by atoms with van der Waals surface area (Å²) >= 11 is 0. The van der Waals surface area contributed by atoms with Crippen molar-refractivity contribution in [3.8, 4) is 0 Å². The smallest absolute Gasteiger partial charge is 0.00243 e. The zero-order valence-electron chi connectivity index (χ0n) is 11.1. The van der Waals surface area contributed by atoms with Gasteiger partial charge in [0.2, 0.25) is 0 Å². The van der Waals surface area contributed by atoms with Gasteiger partial charge in [-0.1, -0.05) is 55.8 Å². The molecule has 18 heavy (non-hydrogen) atoms. The van der Waals surface area contributed by atoms with E-state index in [0.717, 1.165) is 19.3 Å². The maximum Gasteiger partial charge on any atom is 0.00243 e. The highest BCUT2D eigenvalue weighted by molar-refractivity contribution is 5.17. The van der Waals surface area contributed by atoms with E-state index in [9.17, 15) is 0 Å². The van der Waals surface area contributed by atoms with Crippen LogP contribution in [0.25, 0.3) is 0 Å². The third-order valence-electron chi connectivity index (χ3n) is 3.14. The lowest BCUT2D eigenvalue weighted by molar-refractivity contribution is 0.820. The van der Waals surface area contributed by atoms with Crippen LogP contribution in [0.3, 0.4) is 0 Å². The quantitative estimate of drug-likeness (QED) is 0.696. The third kappa shape index (κ3) is 3.93. The summed E-state index contributed by atoms with van der Waals surface area (Å²) in [5.41, 5.74) is 3.99. The predicted molar refractivity (Wildman–Crippen MR) is 76.6 cm³/mol. The molecule has 2 rings (SSSR count). The van der Waals surface area contributed by atoms with Crippen LogP contribution in [-0.4, -0.2) is 0 Å². The first-order valence-corrected chi connectivity index (χ1v) is 6.84. The largest absolute Gasteiger partial charge is 0.0664 e. The van der Waals surface area contributed by atoms with E-state index in [1.165, 1.54) is 29.5 Å². The lowest BCUT2D eigenvalue weighted by Gasteiger charge is -2.01. The van der Waals surface area contributed by atoms with E-state index in [0.29, 0.717) is 0 Å². The number of hydrogen-bond acceptors (Lipinski definition) is 0. The Kier molecular flexibility index (Phi) is 4.85. The molecule has 0 saturated heterocycles. The average Bonchev–Trinajstić information content (AvgIpc) is 2.42. The van der Waals surface area contributed by atoms with Gasteiger partial charge in [0.05, 0.1) is 0 Å². The predicted octanol–water partition coefficient (Wildman–Crippen LogP) is 4.41. The standard InChI is InChI=1S/C18H20/c1-2-7-16-12-14-18(15-13-16)11-6-10-17-8-4-3-5-9-17/h3-5,8-9,12,14H,2,6-7,10-11H2,1H3. The first-order chi connectivity index (χ1) is 8.88. The molecule has 0 aromatic heterocycles. The molecule has 0 bridgehead atoms. The van der Waals surface area contributed by atoms with Crippen molar-refractivity contribution in [2.75, 3.05) is 0 Å². The van der Waals surface area contributed by atoms with Gasteiger partial charge in [-0.2, -0.15) is 0 Å². The SMILES string of the molecule is CCCc1c#cc(CCCc2ccccc2)cc1. The Morgan fingerprint density at radius 2 is 1.44 bits per heavy atom. The van der Waals surface area contributed by atoms with Crippen molar-refractivity contribution in [1.29, 1.82) is 0 Å². The van der Waals surface area contributed by atoms with Crippen molar-refractivity contribution in [3.63, 3.8) is 0 Å². The minimum absolute atomic E-state index is 1.10. The van der Waals surface area contributed by atoms with Gasteiger partial charge in [-0.25, -0.2) is 0 Å². The summed E-state index contributed by atoms with van der Waals surface area (Å²) in [5, 5.41) is 0. The molecule has 92 valence electrons. The van der Waals surface area contributed by atoms with Gasteiger partial charge in [-0.05, 0) is 43.4 Å². The molecule has 0 heteroatoms. The molecular formula is C18H20. The third-order valence-corrected chi connectivity index (χ3v) is 3.14. The molecule has 0 spiro atoms. The highest BCUT2D eigenvalue weighted by Gasteiger charge is 1.95. The number of rotatable bonds is 6. The molecule has 0 saturated carbocycles. The van der Waals surface area contributed by atoms with Crippen LogP contribution < -0.4 is 0 Å². The van der Waals surface area contributed by atoms with Gasteiger partial charge in [-0.15, -0.1) is 0 Å². The Hall–Kier alpha value is -1.74. The van der Waals surface area contributed by atoms with Gasteiger partial charge < -0.3 is 0 Å². The second-order valence-corrected chi connectivity index (χ2v) is 4.72. The fraction of sp³-hybridized carbons (Fsp3) is 0.333. The molecule has 2 aromatic rings. The van der Waals surface area contributed by atoms with Crippen LogP contribution in [0, 0.1) is 12.1 Å². The second-order valence-electron chi connectivity index (χ2n) is 4.72. The van der Waals surface area contributed by atoms with Gasteiger partial charge in [0.1, 0.15) is 0 Å². The fourth-order valence-electron chi connectivity index (χ4n) is 2.13. The minimum Gasteiger partial charge on any atom is -0.0664 e. The van der Waals surface area contributed by atoms with E-state index >= 15 is 0 Å². The van der Waals surface area contributed by atoms with E-state index in [1.807, 2.05) is 0 Å². The summed E-state index contributed by atoms with van der Waals surface area (Å²) in [7, 11) is 0. The van der Waals surface area contributed by atoms with Crippen molar-refractivity contribution in [3.05, 3.63) is 71.3 Å². The van der Waals surface area contributed by atoms with Crippen molar-refractivity contribution < 1.29 is 0 Å². The van der Waals surface area contributed by atoms with E-state index in [2.05, 4.69) is 61.5 Å². The Bertz CT molecular complexity index is 439. The highest BCUT2D eigenvalue weighted by Crippen LogP contribution is 2.08. The van der Waals surface area contributed by atoms with Crippen LogP contribution in [0.4, 0.5) is 0 Å². The topological polar surface area (TPSA) is 0 Å². The molecule has 0 nitrogen and oxygen atoms in total. The Balaban J connectivity index is 1.80. The van der Waals surface area contributed by atoms with E-state index in [-0.39, 0.29) is 0 Å². The molecule has 0 aliphatic rings. The summed E-state index contributed by atoms with van der Waals surface area (Å²) in [4.78, 5) is 0. The van der Waals surface area contributed by atoms with Crippen LogP contribution in [-0.2, 0) is 19.3 Å². The van der Waals surface area contributed by atoms with Gasteiger partial charge >= 0.3 is 0 Å². The lowest BCUT2D eigenvalue weighted by Crippen LogP contribution is -1.90. The summed E-state index contributed by atoms with van der Waals surface area (Å²) < 4.78 is 0. The highest BCUT2D eigenvalue weighted by atomic mass is 14.0. The maximum absolute atomic E-state index is 3.28. The van der Waals surface area contributed by atoms with E-state index < -0.39 is 0 Å². The number of aryl methyl sites for hydroxylation is 3. The van der Waals surface area contributed by atoms with Gasteiger partial charge in [0.15, 0.2) is 0 Å². The summed E-state index contributed by atoms with van der Waals surface area (Å²) in [6, 6.07) is 21.6. The zero-order valence-corrected chi connectivity index (χ0v) is 11.1. The molecule has 0 heterocycles. The first-order valence-electron chi connectivity index (χ1n) is 6.84. The maximum atomic E-state index is 3.28. The molecule has 0 fully saturated rings. The normalized spacial score (nSPS) is 10.1. The van der Waals surface area contributed by atoms with Crippen LogP contribution in [0.15, 0.2) is 42.5 Å². The van der Waals surface area contributed by atoms with Gasteiger partial charge in [0.25, 0.3) is 0 Å². The lowest BCUT2D eigenvalue weighted by atomic mass is 10.0. The van der Waals surface area contributed by atoms with Gasteiger partial charge in [0, 0.05) is 11.1 Å². The average molecular weight is 236 g/mol. The number of hydrogen-bond donors (Lipinski definition) is 0. The Morgan fingerprint density at radius 3 is 2.06 bits per heavy atom. The molecule has 2 aromatic carbocycles. The molecule has 0 aliphatic carbocycles. The molecule has 0 N–H and O–H groups in total. The van der Waals surface area contributed by atoms with E-state index in [4.69, 9.17) is 0 Å².